The minimum Gasteiger partial charge on any atom is -0.462 e. The van der Waals surface area contributed by atoms with E-state index in [0.717, 1.165) is 70.6 Å². The van der Waals surface area contributed by atoms with E-state index in [2.05, 4.69) is 59.4 Å². The minimum absolute atomic E-state index is 0.0191. The molecule has 0 spiro atoms. The second-order valence-electron chi connectivity index (χ2n) is 14.4. The molecule has 0 rings (SSSR count). The molecule has 0 aliphatic carbocycles. The third kappa shape index (κ3) is 40.0. The summed E-state index contributed by atoms with van der Waals surface area (Å²) in [6.45, 7) is 1.11. The number of rotatable bonds is 39. The lowest BCUT2D eigenvalue weighted by atomic mass is 10.1. The first-order chi connectivity index (χ1) is 29.6. The highest BCUT2D eigenvalue weighted by molar-refractivity contribution is 7.47. The molecule has 356 valence electrons. The summed E-state index contributed by atoms with van der Waals surface area (Å²) >= 11 is 0. The summed E-state index contributed by atoms with van der Waals surface area (Å²) in [5.41, 5.74) is 0. The van der Waals surface area contributed by atoms with Gasteiger partial charge in [0.1, 0.15) is 12.7 Å². The second-order valence-corrected chi connectivity index (χ2v) is 17.1. The number of aliphatic hydroxyl groups excluding tert-OH is 4. The molecule has 0 fully saturated rings. The van der Waals surface area contributed by atoms with Crippen LogP contribution in [0.5, 0.6) is 0 Å². The van der Waals surface area contributed by atoms with Gasteiger partial charge in [-0.3, -0.25) is 23.2 Å². The van der Waals surface area contributed by atoms with E-state index in [-0.39, 0.29) is 25.7 Å². The van der Waals surface area contributed by atoms with Crippen molar-refractivity contribution in [3.8, 4) is 0 Å². The van der Waals surface area contributed by atoms with Crippen LogP contribution in [0.1, 0.15) is 123 Å². The molecule has 16 nitrogen and oxygen atoms in total. The zero-order chi connectivity index (χ0) is 46.3. The fraction of sp³-hybridized carbons (Fsp3) is 0.636. The first kappa shape index (κ1) is 59.2. The van der Waals surface area contributed by atoms with Gasteiger partial charge in [0.05, 0.1) is 38.1 Å². The molecule has 0 aromatic rings. The van der Waals surface area contributed by atoms with E-state index in [0.29, 0.717) is 12.8 Å². The van der Waals surface area contributed by atoms with E-state index in [9.17, 15) is 44.0 Å². The predicted octanol–water partition coefficient (Wildman–Crippen LogP) is 7.69. The lowest BCUT2D eigenvalue weighted by Gasteiger charge is -2.21. The number of unbranched alkanes of at least 4 members (excludes halogenated alkanes) is 7. The molecule has 0 aliphatic rings. The van der Waals surface area contributed by atoms with Crippen LogP contribution in [0, 0.1) is 0 Å². The summed E-state index contributed by atoms with van der Waals surface area (Å²) in [5.74, 6) is -1.39. The molecule has 1 unspecified atom stereocenters. The second kappa shape index (κ2) is 38.6. The molecule has 0 aromatic carbocycles. The van der Waals surface area contributed by atoms with Crippen molar-refractivity contribution in [1.29, 1.82) is 0 Å². The summed E-state index contributed by atoms with van der Waals surface area (Å²) in [6.07, 6.45) is 32.3. The molecule has 0 aromatic heterocycles. The average molecular weight is 921 g/mol. The highest BCUT2D eigenvalue weighted by atomic mass is 31.2. The number of esters is 2. The van der Waals surface area contributed by atoms with Gasteiger partial charge in [-0.2, -0.15) is 0 Å². The summed E-state index contributed by atoms with van der Waals surface area (Å²) in [5, 5.41) is 40.3. The smallest absolute Gasteiger partial charge is 0.462 e. The summed E-state index contributed by atoms with van der Waals surface area (Å²) in [7, 11) is -9.82. The highest BCUT2D eigenvalue weighted by Crippen LogP contribution is 2.43. The van der Waals surface area contributed by atoms with Crippen LogP contribution in [0.25, 0.3) is 0 Å². The molecule has 0 saturated carbocycles. The topological polar surface area (TPSA) is 256 Å². The van der Waals surface area contributed by atoms with Gasteiger partial charge in [-0.1, -0.05) is 137 Å². The number of hydrogen-bond donors (Lipinski definition) is 7. The van der Waals surface area contributed by atoms with Crippen LogP contribution in [-0.4, -0.2) is 104 Å². The molecule has 0 radical (unpaired) electrons. The molecule has 0 aliphatic heterocycles. The standard InChI is InChI=1S/C44H74O16P2/c1-3-5-7-8-9-10-11-12-13-14-15-16-17-22-26-32-43(49)56-36-40(37-59-62(54,55)58-35-39(46)34-57-61(51,52)53)60-44(50)33-27-31-42(48)41(47)30-25-21-19-18-20-24-29-38(45)28-23-6-4-2/h5,7,9-10,12-13,18-21,24-25,29-30,38-42,45-48H,3-4,6,8,11,14-17,22-23,26-28,31-37H2,1-2H3,(H,54,55)(H2,51,52,53)/b7-5-,10-9-,13-12-,20-18-,21-19+,29-24+,30-25+/t38-,39-,40+,41-,42-/m0/s1. The highest BCUT2D eigenvalue weighted by Gasteiger charge is 2.28. The van der Waals surface area contributed by atoms with E-state index in [1.54, 1.807) is 42.5 Å². The third-order valence-electron chi connectivity index (χ3n) is 8.62. The molecule has 7 N–H and O–H groups in total. The van der Waals surface area contributed by atoms with Crippen molar-refractivity contribution in [1.82, 2.24) is 0 Å². The van der Waals surface area contributed by atoms with E-state index < -0.39 is 84.5 Å². The first-order valence-corrected chi connectivity index (χ1v) is 24.6. The Kier molecular flexibility index (Phi) is 36.9. The Balaban J connectivity index is 4.90. The largest absolute Gasteiger partial charge is 0.472 e. The van der Waals surface area contributed by atoms with Crippen LogP contribution in [0.15, 0.2) is 85.1 Å². The number of hydrogen-bond acceptors (Lipinski definition) is 13. The SMILES string of the molecule is CC/C=C\C/C=C\C/C=C\CCCCCCCC(=O)OC[C@H](COP(=O)(O)OC[C@@H](O)COP(=O)(O)O)OC(=O)CCC[C@H](O)[C@@H](O)/C=C/C=C/C=C\C=C\[C@@H](O)CCCCC. The maximum Gasteiger partial charge on any atom is 0.472 e. The molecule has 0 amide bonds. The Morgan fingerprint density at radius 2 is 1.16 bits per heavy atom. The molecular formula is C44H74O16P2. The lowest BCUT2D eigenvalue weighted by Crippen LogP contribution is -2.30. The third-order valence-corrected chi connectivity index (χ3v) is 10.1. The molecule has 0 bridgehead atoms. The van der Waals surface area contributed by atoms with Gasteiger partial charge in [-0.25, -0.2) is 9.13 Å². The van der Waals surface area contributed by atoms with Crippen molar-refractivity contribution in [2.75, 3.05) is 26.4 Å². The molecule has 18 heteroatoms. The van der Waals surface area contributed by atoms with E-state index in [1.165, 1.54) is 6.08 Å². The van der Waals surface area contributed by atoms with Crippen molar-refractivity contribution in [3.05, 3.63) is 85.1 Å². The van der Waals surface area contributed by atoms with Crippen LogP contribution in [0.4, 0.5) is 0 Å². The zero-order valence-corrected chi connectivity index (χ0v) is 38.3. The lowest BCUT2D eigenvalue weighted by molar-refractivity contribution is -0.161. The summed E-state index contributed by atoms with van der Waals surface area (Å²) in [6, 6.07) is 0. The van der Waals surface area contributed by atoms with Gasteiger partial charge >= 0.3 is 27.6 Å². The number of aliphatic hydroxyl groups is 4. The van der Waals surface area contributed by atoms with Gasteiger partial charge in [0.25, 0.3) is 0 Å². The van der Waals surface area contributed by atoms with Crippen molar-refractivity contribution >= 4 is 27.6 Å². The van der Waals surface area contributed by atoms with Gasteiger partial charge in [0.15, 0.2) is 6.10 Å². The number of carbonyl (C=O) groups is 2. The Hall–Kier alpha value is -2.82. The van der Waals surface area contributed by atoms with Crippen LogP contribution in [0.2, 0.25) is 0 Å². The minimum atomic E-state index is -4.91. The Bertz CT molecular complexity index is 1470. The quantitative estimate of drug-likeness (QED) is 0.0103. The van der Waals surface area contributed by atoms with Crippen LogP contribution in [0.3, 0.4) is 0 Å². The van der Waals surface area contributed by atoms with Gasteiger partial charge < -0.3 is 44.6 Å². The van der Waals surface area contributed by atoms with E-state index in [4.69, 9.17) is 23.8 Å². The van der Waals surface area contributed by atoms with Crippen LogP contribution < -0.4 is 0 Å². The number of phosphoric acid groups is 2. The monoisotopic (exact) mass is 920 g/mol. The summed E-state index contributed by atoms with van der Waals surface area (Å²) in [4.78, 5) is 52.7. The maximum atomic E-state index is 12.7. The Labute approximate surface area is 368 Å². The fourth-order valence-electron chi connectivity index (χ4n) is 5.21. The Morgan fingerprint density at radius 1 is 0.581 bits per heavy atom. The fourth-order valence-corrected chi connectivity index (χ4v) is 6.37. The normalized spacial score (nSPS) is 16.3. The maximum absolute atomic E-state index is 12.7. The number of allylic oxidation sites excluding steroid dienone is 12. The molecule has 0 saturated heterocycles. The molecule has 62 heavy (non-hydrogen) atoms. The molecule has 0 heterocycles. The van der Waals surface area contributed by atoms with Gasteiger partial charge in [-0.15, -0.1) is 0 Å². The molecular weight excluding hydrogens is 846 g/mol. The zero-order valence-electron chi connectivity index (χ0n) is 36.5. The summed E-state index contributed by atoms with van der Waals surface area (Å²) < 4.78 is 47.5. The van der Waals surface area contributed by atoms with E-state index >= 15 is 0 Å². The average Bonchev–Trinajstić information content (AvgIpc) is 3.22. The van der Waals surface area contributed by atoms with E-state index in [1.807, 2.05) is 0 Å². The van der Waals surface area contributed by atoms with Gasteiger partial charge in [0, 0.05) is 12.8 Å². The van der Waals surface area contributed by atoms with Crippen LogP contribution in [-0.2, 0) is 41.8 Å². The Morgan fingerprint density at radius 3 is 1.84 bits per heavy atom. The molecule has 6 atom stereocenters. The van der Waals surface area contributed by atoms with Gasteiger partial charge in [0.2, 0.25) is 0 Å². The van der Waals surface area contributed by atoms with Crippen molar-refractivity contribution in [2.24, 2.45) is 0 Å². The first-order valence-electron chi connectivity index (χ1n) is 21.6. The van der Waals surface area contributed by atoms with Gasteiger partial charge in [-0.05, 0) is 57.8 Å². The van der Waals surface area contributed by atoms with Crippen LogP contribution >= 0.6 is 15.6 Å². The van der Waals surface area contributed by atoms with Crippen molar-refractivity contribution in [3.63, 3.8) is 0 Å². The number of ether oxygens (including phenoxy) is 2. The van der Waals surface area contributed by atoms with Crippen molar-refractivity contribution < 1.29 is 76.9 Å². The van der Waals surface area contributed by atoms with Crippen molar-refractivity contribution in [2.45, 2.75) is 154 Å². The number of phosphoric ester groups is 2. The number of carbonyl (C=O) groups excluding carboxylic acids is 2. The predicted molar refractivity (Wildman–Crippen MR) is 238 cm³/mol.